The van der Waals surface area contributed by atoms with Gasteiger partial charge in [0.05, 0.1) is 6.61 Å². The van der Waals surface area contributed by atoms with Crippen molar-refractivity contribution < 1.29 is 14.3 Å². The minimum Gasteiger partial charge on any atom is -0.424 e. The van der Waals surface area contributed by atoms with Crippen molar-refractivity contribution in [3.05, 3.63) is 60.7 Å². The average molecular weight is 425 g/mol. The van der Waals surface area contributed by atoms with Crippen LogP contribution in [-0.4, -0.2) is 32.1 Å². The smallest absolute Gasteiger partial charge is 0.258 e. The van der Waals surface area contributed by atoms with Crippen molar-refractivity contribution in [3.63, 3.8) is 0 Å². The van der Waals surface area contributed by atoms with Gasteiger partial charge in [-0.1, -0.05) is 87.9 Å². The molecule has 0 spiro atoms. The van der Waals surface area contributed by atoms with Gasteiger partial charge in [0.25, 0.3) is 8.32 Å². The van der Waals surface area contributed by atoms with Gasteiger partial charge >= 0.3 is 0 Å². The lowest BCUT2D eigenvalue weighted by molar-refractivity contribution is -0.117. The Labute approximate surface area is 182 Å². The van der Waals surface area contributed by atoms with Gasteiger partial charge in [0.2, 0.25) is 0 Å². The van der Waals surface area contributed by atoms with Crippen molar-refractivity contribution >= 4 is 24.5 Å². The summed E-state index contributed by atoms with van der Waals surface area (Å²) in [6.45, 7) is 7.97. The highest BCUT2D eigenvalue weighted by atomic mass is 28.4. The lowest BCUT2D eigenvalue weighted by atomic mass is 9.88. The van der Waals surface area contributed by atoms with Gasteiger partial charge in [-0.15, -0.1) is 0 Å². The fourth-order valence-electron chi connectivity index (χ4n) is 5.03. The van der Waals surface area contributed by atoms with Gasteiger partial charge in [0.15, 0.2) is 0 Å². The van der Waals surface area contributed by atoms with E-state index in [1.54, 1.807) is 0 Å². The number of carbonyl (C=O) groups is 1. The number of carbonyl (C=O) groups excluding carboxylic acids is 1. The Morgan fingerprint density at radius 2 is 1.50 bits per heavy atom. The van der Waals surface area contributed by atoms with E-state index in [-0.39, 0.29) is 16.9 Å². The van der Waals surface area contributed by atoms with Gasteiger partial charge in [-0.2, -0.15) is 0 Å². The van der Waals surface area contributed by atoms with E-state index < -0.39 is 8.32 Å². The maximum absolute atomic E-state index is 12.4. The van der Waals surface area contributed by atoms with E-state index in [2.05, 4.69) is 45.0 Å². The van der Waals surface area contributed by atoms with Gasteiger partial charge in [0.1, 0.15) is 5.78 Å². The van der Waals surface area contributed by atoms with Crippen LogP contribution in [-0.2, 0) is 9.53 Å². The van der Waals surface area contributed by atoms with Crippen LogP contribution in [0.5, 0.6) is 0 Å². The molecule has 0 aromatic heterocycles. The largest absolute Gasteiger partial charge is 0.424 e. The summed E-state index contributed by atoms with van der Waals surface area (Å²) in [5.41, 5.74) is 0. The molecular formula is C26H36O3Si. The Kier molecular flexibility index (Phi) is 7.67. The fourth-order valence-corrected chi connectivity index (χ4v) is 8.83. The SMILES string of the molecule is CCCCOC[C@@H]1CC(=O)C[C@H]1CC(C)(C)[Si](O)(c1ccccc1)c1ccccc1. The molecule has 1 aliphatic rings. The quantitative estimate of drug-likeness (QED) is 0.456. The fraction of sp³-hybridized carbons (Fsp3) is 0.500. The molecule has 0 unspecified atom stereocenters. The predicted molar refractivity (Wildman–Crippen MR) is 126 cm³/mol. The molecule has 0 bridgehead atoms. The number of Topliss-reactive ketones (excluding diaryl/α,β-unsaturated/α-hetero) is 1. The molecule has 3 rings (SSSR count). The van der Waals surface area contributed by atoms with Crippen molar-refractivity contribution in [1.82, 2.24) is 0 Å². The first-order chi connectivity index (χ1) is 14.4. The van der Waals surface area contributed by atoms with Gasteiger partial charge in [0, 0.05) is 19.4 Å². The van der Waals surface area contributed by atoms with Gasteiger partial charge in [-0.05, 0) is 40.1 Å². The van der Waals surface area contributed by atoms with Crippen molar-refractivity contribution in [2.45, 2.75) is 57.9 Å². The van der Waals surface area contributed by atoms with Gasteiger partial charge < -0.3 is 9.53 Å². The topological polar surface area (TPSA) is 46.5 Å². The molecule has 2 atom stereocenters. The highest BCUT2D eigenvalue weighted by molar-refractivity contribution is 6.98. The monoisotopic (exact) mass is 424 g/mol. The summed E-state index contributed by atoms with van der Waals surface area (Å²) in [7, 11) is -3.04. The zero-order valence-electron chi connectivity index (χ0n) is 18.6. The van der Waals surface area contributed by atoms with E-state index in [4.69, 9.17) is 4.74 Å². The molecule has 162 valence electrons. The van der Waals surface area contributed by atoms with Gasteiger partial charge in [-0.25, -0.2) is 0 Å². The number of ether oxygens (including phenoxy) is 1. The summed E-state index contributed by atoms with van der Waals surface area (Å²) >= 11 is 0. The van der Waals surface area contributed by atoms with Crippen LogP contribution >= 0.6 is 0 Å². The number of hydrogen-bond donors (Lipinski definition) is 1. The molecule has 1 fully saturated rings. The summed E-state index contributed by atoms with van der Waals surface area (Å²) in [5.74, 6) is 0.864. The molecule has 2 aromatic carbocycles. The van der Waals surface area contributed by atoms with Crippen LogP contribution in [0, 0.1) is 11.8 Å². The number of ketones is 1. The molecule has 0 heterocycles. The summed E-state index contributed by atoms with van der Waals surface area (Å²) in [5, 5.41) is 1.73. The zero-order chi connectivity index (χ0) is 21.6. The van der Waals surface area contributed by atoms with E-state index in [1.165, 1.54) is 0 Å². The molecule has 0 amide bonds. The van der Waals surface area contributed by atoms with Crippen LogP contribution in [0.1, 0.15) is 52.9 Å². The number of benzene rings is 2. The van der Waals surface area contributed by atoms with Crippen molar-refractivity contribution in [2.75, 3.05) is 13.2 Å². The maximum Gasteiger partial charge on any atom is 0.258 e. The first-order valence-electron chi connectivity index (χ1n) is 11.3. The van der Waals surface area contributed by atoms with Crippen LogP contribution < -0.4 is 10.4 Å². The lowest BCUT2D eigenvalue weighted by Gasteiger charge is -2.43. The molecule has 1 N–H and O–H groups in total. The van der Waals surface area contributed by atoms with Crippen LogP contribution in [0.3, 0.4) is 0 Å². The average Bonchev–Trinajstić information content (AvgIpc) is 3.10. The Morgan fingerprint density at radius 1 is 0.967 bits per heavy atom. The Hall–Kier alpha value is -1.75. The van der Waals surface area contributed by atoms with Crippen molar-refractivity contribution in [3.8, 4) is 0 Å². The molecule has 0 radical (unpaired) electrons. The van der Waals surface area contributed by atoms with Crippen molar-refractivity contribution in [2.24, 2.45) is 11.8 Å². The Balaban J connectivity index is 1.87. The first-order valence-corrected chi connectivity index (χ1v) is 13.3. The van der Waals surface area contributed by atoms with E-state index in [0.29, 0.717) is 25.2 Å². The van der Waals surface area contributed by atoms with Gasteiger partial charge in [-0.3, -0.25) is 4.79 Å². The van der Waals surface area contributed by atoms with E-state index in [9.17, 15) is 9.59 Å². The summed E-state index contributed by atoms with van der Waals surface area (Å²) < 4.78 is 5.90. The number of rotatable bonds is 10. The second kappa shape index (κ2) is 10.0. The Bertz CT molecular complexity index is 764. The van der Waals surface area contributed by atoms with E-state index in [0.717, 1.165) is 36.2 Å². The standard InChI is InChI=1S/C26H36O3Si/c1-4-5-16-29-20-22-18-23(27)17-21(22)19-26(2,3)30(28,24-12-8-6-9-13-24)25-14-10-7-11-15-25/h6-15,21-22,28H,4-5,16-20H2,1-3H3/t21-,22-/m0/s1. The molecular weight excluding hydrogens is 388 g/mol. The second-order valence-corrected chi connectivity index (χ2v) is 13.4. The molecule has 30 heavy (non-hydrogen) atoms. The number of hydrogen-bond acceptors (Lipinski definition) is 3. The third kappa shape index (κ3) is 4.93. The van der Waals surface area contributed by atoms with Crippen LogP contribution in [0.15, 0.2) is 60.7 Å². The minimum atomic E-state index is -3.04. The third-order valence-corrected chi connectivity index (χ3v) is 11.3. The predicted octanol–water partition coefficient (Wildman–Crippen LogP) is 4.32. The van der Waals surface area contributed by atoms with E-state index in [1.807, 2.05) is 36.4 Å². The summed E-state index contributed by atoms with van der Waals surface area (Å²) in [6, 6.07) is 20.3. The van der Waals surface area contributed by atoms with E-state index >= 15 is 0 Å². The second-order valence-electron chi connectivity index (χ2n) is 9.43. The van der Waals surface area contributed by atoms with Crippen LogP contribution in [0.2, 0.25) is 5.04 Å². The first kappa shape index (κ1) is 22.9. The molecule has 3 nitrogen and oxygen atoms in total. The minimum absolute atomic E-state index is 0.262. The molecule has 4 heteroatoms. The summed E-state index contributed by atoms with van der Waals surface area (Å²) in [6.07, 6.45) is 4.23. The zero-order valence-corrected chi connectivity index (χ0v) is 19.6. The number of unbranched alkanes of at least 4 members (excludes halogenated alkanes) is 1. The summed E-state index contributed by atoms with van der Waals surface area (Å²) in [4.78, 5) is 24.7. The van der Waals surface area contributed by atoms with Crippen LogP contribution in [0.25, 0.3) is 0 Å². The lowest BCUT2D eigenvalue weighted by Crippen LogP contribution is -2.65. The molecule has 0 aliphatic heterocycles. The van der Waals surface area contributed by atoms with Crippen LogP contribution in [0.4, 0.5) is 0 Å². The highest BCUT2D eigenvalue weighted by Crippen LogP contribution is 2.46. The molecule has 1 saturated carbocycles. The molecule has 2 aromatic rings. The third-order valence-electron chi connectivity index (χ3n) is 6.76. The molecule has 0 saturated heterocycles. The normalized spacial score (nSPS) is 19.9. The Morgan fingerprint density at radius 3 is 2.03 bits per heavy atom. The molecule has 1 aliphatic carbocycles. The van der Waals surface area contributed by atoms with Crippen molar-refractivity contribution in [1.29, 1.82) is 0 Å². The maximum atomic E-state index is 12.4. The highest BCUT2D eigenvalue weighted by Gasteiger charge is 2.52.